The minimum absolute atomic E-state index is 0.0433. The van der Waals surface area contributed by atoms with Crippen LogP contribution in [0.15, 0.2) is 11.0 Å². The first-order chi connectivity index (χ1) is 8.49. The first-order valence-corrected chi connectivity index (χ1v) is 6.08. The molecule has 6 heteroatoms. The SMILES string of the molecule is CC.Cc1nc(=O)n(C2OC(C)C[C@H]2O)cc1F. The smallest absolute Gasteiger partial charge is 0.350 e. The molecule has 1 aliphatic rings. The number of aliphatic hydroxyl groups excluding tert-OH is 1. The van der Waals surface area contributed by atoms with Gasteiger partial charge in [-0.05, 0) is 13.8 Å². The number of aliphatic hydroxyl groups is 1. The molecule has 1 N–H and O–H groups in total. The molecule has 1 saturated heterocycles. The van der Waals surface area contributed by atoms with Crippen LogP contribution in [0.1, 0.15) is 39.1 Å². The summed E-state index contributed by atoms with van der Waals surface area (Å²) in [5.74, 6) is -0.588. The number of rotatable bonds is 1. The third-order valence-corrected chi connectivity index (χ3v) is 2.63. The summed E-state index contributed by atoms with van der Waals surface area (Å²) in [6.45, 7) is 7.20. The Morgan fingerprint density at radius 2 is 2.17 bits per heavy atom. The van der Waals surface area contributed by atoms with Gasteiger partial charge in [-0.2, -0.15) is 4.98 Å². The molecule has 0 spiro atoms. The van der Waals surface area contributed by atoms with Crippen LogP contribution in [0.3, 0.4) is 0 Å². The molecule has 2 heterocycles. The maximum Gasteiger partial charge on any atom is 0.350 e. The van der Waals surface area contributed by atoms with Crippen LogP contribution in [0.25, 0.3) is 0 Å². The van der Waals surface area contributed by atoms with E-state index in [1.807, 2.05) is 13.8 Å². The van der Waals surface area contributed by atoms with Gasteiger partial charge in [0.05, 0.1) is 11.8 Å². The Bertz CT molecular complexity index is 461. The summed E-state index contributed by atoms with van der Waals surface area (Å²) in [5.41, 5.74) is -0.571. The normalized spacial score (nSPS) is 26.7. The quantitative estimate of drug-likeness (QED) is 0.826. The van der Waals surface area contributed by atoms with Gasteiger partial charge >= 0.3 is 5.69 Å². The maximum atomic E-state index is 13.3. The lowest BCUT2D eigenvalue weighted by atomic mass is 10.2. The Kier molecular flexibility index (Phi) is 4.98. The number of hydrogen-bond acceptors (Lipinski definition) is 4. The van der Waals surface area contributed by atoms with Crippen molar-refractivity contribution in [1.82, 2.24) is 9.55 Å². The average Bonchev–Trinajstić information content (AvgIpc) is 2.66. The van der Waals surface area contributed by atoms with Gasteiger partial charge in [0, 0.05) is 12.6 Å². The molecule has 0 saturated carbocycles. The molecule has 1 aliphatic heterocycles. The zero-order valence-electron chi connectivity index (χ0n) is 11.1. The van der Waals surface area contributed by atoms with Crippen LogP contribution in [0.2, 0.25) is 0 Å². The van der Waals surface area contributed by atoms with Gasteiger partial charge in [-0.25, -0.2) is 9.18 Å². The van der Waals surface area contributed by atoms with E-state index in [4.69, 9.17) is 4.74 Å². The van der Waals surface area contributed by atoms with Crippen molar-refractivity contribution in [2.75, 3.05) is 0 Å². The molecule has 0 bridgehead atoms. The maximum absolute atomic E-state index is 13.3. The zero-order chi connectivity index (χ0) is 13.9. The molecule has 2 rings (SSSR count). The van der Waals surface area contributed by atoms with Gasteiger partial charge in [-0.15, -0.1) is 0 Å². The van der Waals surface area contributed by atoms with Gasteiger partial charge in [0.25, 0.3) is 0 Å². The summed E-state index contributed by atoms with van der Waals surface area (Å²) in [6, 6.07) is 0. The number of hydrogen-bond donors (Lipinski definition) is 1. The van der Waals surface area contributed by atoms with Crippen molar-refractivity contribution in [3.63, 3.8) is 0 Å². The van der Waals surface area contributed by atoms with Crippen LogP contribution in [-0.2, 0) is 4.74 Å². The lowest BCUT2D eigenvalue weighted by Gasteiger charge is -2.16. The first-order valence-electron chi connectivity index (χ1n) is 6.08. The van der Waals surface area contributed by atoms with Gasteiger partial charge in [-0.3, -0.25) is 4.57 Å². The Labute approximate surface area is 105 Å². The van der Waals surface area contributed by atoms with E-state index in [0.29, 0.717) is 6.42 Å². The largest absolute Gasteiger partial charge is 0.388 e. The Balaban J connectivity index is 0.000000771. The number of ether oxygens (including phenoxy) is 1. The number of nitrogens with zero attached hydrogens (tertiary/aromatic N) is 2. The predicted molar refractivity (Wildman–Crippen MR) is 64.7 cm³/mol. The van der Waals surface area contributed by atoms with Gasteiger partial charge in [0.15, 0.2) is 12.0 Å². The van der Waals surface area contributed by atoms with Gasteiger partial charge in [0.1, 0.15) is 6.10 Å². The van der Waals surface area contributed by atoms with Crippen molar-refractivity contribution in [1.29, 1.82) is 0 Å². The van der Waals surface area contributed by atoms with Crippen molar-refractivity contribution in [3.8, 4) is 0 Å². The molecule has 102 valence electrons. The minimum Gasteiger partial charge on any atom is -0.388 e. The summed E-state index contributed by atoms with van der Waals surface area (Å²) in [6.07, 6.45) is -0.360. The van der Waals surface area contributed by atoms with Crippen molar-refractivity contribution in [2.45, 2.75) is 52.6 Å². The van der Waals surface area contributed by atoms with Gasteiger partial charge in [0.2, 0.25) is 0 Å². The third kappa shape index (κ3) is 2.94. The topological polar surface area (TPSA) is 64.4 Å². The molecule has 0 aromatic carbocycles. The van der Waals surface area contributed by atoms with Crippen molar-refractivity contribution in [2.24, 2.45) is 0 Å². The number of aromatic nitrogens is 2. The molecule has 0 amide bonds. The fraction of sp³-hybridized carbons (Fsp3) is 0.667. The molecule has 5 nitrogen and oxygen atoms in total. The molecule has 2 unspecified atom stereocenters. The summed E-state index contributed by atoms with van der Waals surface area (Å²) >= 11 is 0. The fourth-order valence-corrected chi connectivity index (χ4v) is 1.80. The second kappa shape index (κ2) is 6.06. The summed E-state index contributed by atoms with van der Waals surface area (Å²) in [5, 5.41) is 9.66. The summed E-state index contributed by atoms with van der Waals surface area (Å²) in [4.78, 5) is 15.0. The molecular formula is C12H19FN2O3. The summed E-state index contributed by atoms with van der Waals surface area (Å²) < 4.78 is 19.6. The molecule has 18 heavy (non-hydrogen) atoms. The van der Waals surface area contributed by atoms with E-state index in [2.05, 4.69) is 4.98 Å². The third-order valence-electron chi connectivity index (χ3n) is 2.63. The molecule has 1 fully saturated rings. The van der Waals surface area contributed by atoms with E-state index in [0.717, 1.165) is 10.8 Å². The highest BCUT2D eigenvalue weighted by Crippen LogP contribution is 2.27. The monoisotopic (exact) mass is 258 g/mol. The lowest BCUT2D eigenvalue weighted by molar-refractivity contribution is -0.0354. The van der Waals surface area contributed by atoms with E-state index < -0.39 is 23.8 Å². The number of aryl methyl sites for hydroxylation is 1. The van der Waals surface area contributed by atoms with Crippen molar-refractivity contribution >= 4 is 0 Å². The fourth-order valence-electron chi connectivity index (χ4n) is 1.80. The standard InChI is InChI=1S/C10H13FN2O3.C2H6/c1-5-3-8(14)9(16-5)13-4-7(11)6(2)12-10(13)15;1-2/h4-5,8-9,14H,3H2,1-2H3;1-2H3/t5?,8-,9?;/m1./s1. The molecule has 0 aliphatic carbocycles. The second-order valence-electron chi connectivity index (χ2n) is 4.00. The molecule has 1 aromatic heterocycles. The highest BCUT2D eigenvalue weighted by Gasteiger charge is 2.33. The van der Waals surface area contributed by atoms with Crippen molar-refractivity contribution < 1.29 is 14.2 Å². The van der Waals surface area contributed by atoms with Crippen molar-refractivity contribution in [3.05, 3.63) is 28.2 Å². The Hall–Kier alpha value is -1.27. The predicted octanol–water partition coefficient (Wildman–Crippen LogP) is 1.39. The van der Waals surface area contributed by atoms with Crippen LogP contribution >= 0.6 is 0 Å². The minimum atomic E-state index is -0.843. The van der Waals surface area contributed by atoms with Crippen LogP contribution in [0, 0.1) is 12.7 Å². The Morgan fingerprint density at radius 1 is 1.56 bits per heavy atom. The van der Waals surface area contributed by atoms with Crippen LogP contribution in [0.4, 0.5) is 4.39 Å². The van der Waals surface area contributed by atoms with Crippen LogP contribution < -0.4 is 5.69 Å². The van der Waals surface area contributed by atoms with Gasteiger partial charge in [-0.1, -0.05) is 13.8 Å². The van der Waals surface area contributed by atoms with E-state index in [9.17, 15) is 14.3 Å². The van der Waals surface area contributed by atoms with Crippen LogP contribution in [-0.4, -0.2) is 26.9 Å². The first kappa shape index (κ1) is 14.8. The van der Waals surface area contributed by atoms with Crippen LogP contribution in [0.5, 0.6) is 0 Å². The average molecular weight is 258 g/mol. The molecule has 0 radical (unpaired) electrons. The number of halogens is 1. The summed E-state index contributed by atoms with van der Waals surface area (Å²) in [7, 11) is 0. The van der Waals surface area contributed by atoms with E-state index >= 15 is 0 Å². The van der Waals surface area contributed by atoms with E-state index in [1.54, 1.807) is 6.92 Å². The highest BCUT2D eigenvalue weighted by atomic mass is 19.1. The molecule has 1 aromatic rings. The molecule has 3 atom stereocenters. The highest BCUT2D eigenvalue weighted by molar-refractivity contribution is 5.01. The molecular weight excluding hydrogens is 239 g/mol. The Morgan fingerprint density at radius 3 is 2.67 bits per heavy atom. The van der Waals surface area contributed by atoms with E-state index in [-0.39, 0.29) is 11.8 Å². The second-order valence-corrected chi connectivity index (χ2v) is 4.00. The van der Waals surface area contributed by atoms with E-state index in [1.165, 1.54) is 6.92 Å². The van der Waals surface area contributed by atoms with Gasteiger partial charge < -0.3 is 9.84 Å². The lowest BCUT2D eigenvalue weighted by Crippen LogP contribution is -2.32. The zero-order valence-corrected chi connectivity index (χ0v) is 11.1.